The van der Waals surface area contributed by atoms with Crippen molar-refractivity contribution in [3.05, 3.63) is 83.9 Å². The first-order chi connectivity index (χ1) is 16.8. The molecule has 0 aliphatic heterocycles. The van der Waals surface area contributed by atoms with E-state index in [9.17, 15) is 18.0 Å². The molecule has 0 radical (unpaired) electrons. The Kier molecular flexibility index (Phi) is 8.32. The fourth-order valence-electron chi connectivity index (χ4n) is 3.24. The molecule has 1 N–H and O–H groups in total. The lowest BCUT2D eigenvalue weighted by Gasteiger charge is -2.20. The van der Waals surface area contributed by atoms with Crippen LogP contribution in [0.4, 0.5) is 5.69 Å². The molecule has 35 heavy (non-hydrogen) atoms. The number of para-hydroxylation sites is 1. The van der Waals surface area contributed by atoms with Crippen LogP contribution in [0, 0.1) is 0 Å². The zero-order valence-electron chi connectivity index (χ0n) is 19.6. The Morgan fingerprint density at radius 2 is 1.54 bits per heavy atom. The molecule has 10 heteroatoms. The van der Waals surface area contributed by atoms with Crippen LogP contribution >= 0.6 is 0 Å². The van der Waals surface area contributed by atoms with Crippen LogP contribution in [0.1, 0.15) is 15.9 Å². The summed E-state index contributed by atoms with van der Waals surface area (Å²) in [5, 5.41) is 2.64. The van der Waals surface area contributed by atoms with E-state index in [2.05, 4.69) is 5.32 Å². The highest BCUT2D eigenvalue weighted by Gasteiger charge is 2.27. The maximum absolute atomic E-state index is 13.2. The predicted molar refractivity (Wildman–Crippen MR) is 130 cm³/mol. The van der Waals surface area contributed by atoms with Gasteiger partial charge in [0.05, 0.1) is 25.5 Å². The number of nitrogens with one attached hydrogen (secondary N) is 1. The van der Waals surface area contributed by atoms with Gasteiger partial charge in [0.2, 0.25) is 0 Å². The summed E-state index contributed by atoms with van der Waals surface area (Å²) in [7, 11) is 0.376. The van der Waals surface area contributed by atoms with Gasteiger partial charge in [0, 0.05) is 13.6 Å². The van der Waals surface area contributed by atoms with E-state index in [1.165, 1.54) is 45.5 Å². The van der Waals surface area contributed by atoms with Crippen molar-refractivity contribution in [3.63, 3.8) is 0 Å². The Hall–Kier alpha value is -4.05. The standard InChI is InChI=1S/C25H26N2O7S/c1-27(19-9-5-4-6-10-19)35(30,31)23-12-8-7-11-20(23)25(29)34-17-24(28)26-16-18-13-14-21(32-2)22(15-18)33-3/h4-15H,16-17H2,1-3H3,(H,26,28). The summed E-state index contributed by atoms with van der Waals surface area (Å²) in [6.07, 6.45) is 0. The average Bonchev–Trinajstić information content (AvgIpc) is 2.90. The first kappa shape index (κ1) is 25.6. The first-order valence-corrected chi connectivity index (χ1v) is 12.0. The van der Waals surface area contributed by atoms with Gasteiger partial charge in [0.15, 0.2) is 18.1 Å². The number of methoxy groups -OCH3 is 2. The maximum Gasteiger partial charge on any atom is 0.340 e. The van der Waals surface area contributed by atoms with Gasteiger partial charge in [-0.3, -0.25) is 9.10 Å². The van der Waals surface area contributed by atoms with Crippen LogP contribution in [0.3, 0.4) is 0 Å². The fraction of sp³-hybridized carbons (Fsp3) is 0.200. The number of benzene rings is 3. The van der Waals surface area contributed by atoms with E-state index < -0.39 is 28.5 Å². The number of sulfonamides is 1. The van der Waals surface area contributed by atoms with Gasteiger partial charge in [0.1, 0.15) is 4.90 Å². The minimum absolute atomic E-state index is 0.164. The summed E-state index contributed by atoms with van der Waals surface area (Å²) in [6.45, 7) is -0.404. The Bertz CT molecular complexity index is 1290. The average molecular weight is 499 g/mol. The minimum Gasteiger partial charge on any atom is -0.493 e. The smallest absolute Gasteiger partial charge is 0.340 e. The molecule has 1 amide bonds. The van der Waals surface area contributed by atoms with Crippen molar-refractivity contribution in [1.82, 2.24) is 5.32 Å². The van der Waals surface area contributed by atoms with Crippen LogP contribution in [-0.2, 0) is 26.1 Å². The van der Waals surface area contributed by atoms with Crippen LogP contribution in [0.2, 0.25) is 0 Å². The van der Waals surface area contributed by atoms with Gasteiger partial charge in [0.25, 0.3) is 15.9 Å². The van der Waals surface area contributed by atoms with Gasteiger partial charge < -0.3 is 19.5 Å². The van der Waals surface area contributed by atoms with E-state index in [0.29, 0.717) is 17.2 Å². The van der Waals surface area contributed by atoms with Gasteiger partial charge in [-0.05, 0) is 42.0 Å². The molecule has 0 unspecified atom stereocenters. The third-order valence-electron chi connectivity index (χ3n) is 5.14. The number of ether oxygens (including phenoxy) is 3. The molecule has 184 valence electrons. The molecule has 0 heterocycles. The minimum atomic E-state index is -4.06. The van der Waals surface area contributed by atoms with Crippen LogP contribution in [0.5, 0.6) is 11.5 Å². The molecule has 0 spiro atoms. The van der Waals surface area contributed by atoms with Crippen LogP contribution in [-0.4, -0.2) is 48.2 Å². The molecule has 0 aliphatic rings. The van der Waals surface area contributed by atoms with Gasteiger partial charge in [-0.1, -0.05) is 36.4 Å². The van der Waals surface area contributed by atoms with Gasteiger partial charge >= 0.3 is 5.97 Å². The Morgan fingerprint density at radius 3 is 2.23 bits per heavy atom. The zero-order chi connectivity index (χ0) is 25.4. The monoisotopic (exact) mass is 498 g/mol. The molecule has 0 fully saturated rings. The van der Waals surface area contributed by atoms with Gasteiger partial charge in [-0.15, -0.1) is 0 Å². The second-order valence-corrected chi connectivity index (χ2v) is 9.28. The van der Waals surface area contributed by atoms with Crippen molar-refractivity contribution >= 4 is 27.6 Å². The number of amides is 1. The predicted octanol–water partition coefficient (Wildman–Crippen LogP) is 3.00. The second-order valence-electron chi connectivity index (χ2n) is 7.35. The second kappa shape index (κ2) is 11.4. The molecule has 0 aliphatic carbocycles. The zero-order valence-corrected chi connectivity index (χ0v) is 20.4. The summed E-state index contributed by atoms with van der Waals surface area (Å²) in [5.41, 5.74) is 1.02. The quantitative estimate of drug-likeness (QED) is 0.428. The highest BCUT2D eigenvalue weighted by Crippen LogP contribution is 2.27. The number of anilines is 1. The number of hydrogen-bond acceptors (Lipinski definition) is 7. The Balaban J connectivity index is 1.65. The van der Waals surface area contributed by atoms with Crippen molar-refractivity contribution < 1.29 is 32.2 Å². The topological polar surface area (TPSA) is 111 Å². The molecule has 3 aromatic rings. The lowest BCUT2D eigenvalue weighted by Crippen LogP contribution is -2.30. The number of hydrogen-bond donors (Lipinski definition) is 1. The molecule has 0 bridgehead atoms. The largest absolute Gasteiger partial charge is 0.493 e. The molecule has 0 atom stereocenters. The number of carbonyl (C=O) groups is 2. The summed E-state index contributed by atoms with van der Waals surface area (Å²) >= 11 is 0. The first-order valence-electron chi connectivity index (χ1n) is 10.6. The van der Waals surface area contributed by atoms with E-state index in [4.69, 9.17) is 14.2 Å². The van der Waals surface area contributed by atoms with E-state index in [1.807, 2.05) is 0 Å². The Morgan fingerprint density at radius 1 is 0.886 bits per heavy atom. The maximum atomic E-state index is 13.2. The Labute approximate surface area is 204 Å². The SMILES string of the molecule is COc1ccc(CNC(=O)COC(=O)c2ccccc2S(=O)(=O)N(C)c2ccccc2)cc1OC. The van der Waals surface area contributed by atoms with E-state index in [0.717, 1.165) is 9.87 Å². The van der Waals surface area contributed by atoms with Crippen molar-refractivity contribution in [2.75, 3.05) is 32.2 Å². The molecule has 3 aromatic carbocycles. The van der Waals surface area contributed by atoms with Gasteiger partial charge in [-0.25, -0.2) is 13.2 Å². The highest BCUT2D eigenvalue weighted by atomic mass is 32.2. The van der Waals surface area contributed by atoms with Crippen molar-refractivity contribution in [2.24, 2.45) is 0 Å². The van der Waals surface area contributed by atoms with Gasteiger partial charge in [-0.2, -0.15) is 0 Å². The molecule has 0 saturated heterocycles. The van der Waals surface area contributed by atoms with E-state index in [1.54, 1.807) is 48.5 Å². The summed E-state index contributed by atoms with van der Waals surface area (Å²) in [6, 6.07) is 19.4. The molecular weight excluding hydrogens is 472 g/mol. The summed E-state index contributed by atoms with van der Waals surface area (Å²) in [5.74, 6) is -0.395. The summed E-state index contributed by atoms with van der Waals surface area (Å²) < 4.78 is 42.9. The number of esters is 1. The third-order valence-corrected chi connectivity index (χ3v) is 6.98. The van der Waals surface area contributed by atoms with Crippen molar-refractivity contribution in [1.29, 1.82) is 0 Å². The molecule has 9 nitrogen and oxygen atoms in total. The number of carbonyl (C=O) groups excluding carboxylic acids is 2. The van der Waals surface area contributed by atoms with E-state index >= 15 is 0 Å². The van der Waals surface area contributed by atoms with Crippen LogP contribution < -0.4 is 19.1 Å². The number of rotatable bonds is 10. The molecule has 0 saturated carbocycles. The van der Waals surface area contributed by atoms with Crippen LogP contribution in [0.15, 0.2) is 77.7 Å². The van der Waals surface area contributed by atoms with E-state index in [-0.39, 0.29) is 17.0 Å². The van der Waals surface area contributed by atoms with Crippen molar-refractivity contribution in [2.45, 2.75) is 11.4 Å². The normalized spacial score (nSPS) is 10.8. The molecule has 0 aromatic heterocycles. The molecular formula is C25H26N2O7S. The lowest BCUT2D eigenvalue weighted by atomic mass is 10.2. The number of nitrogens with zero attached hydrogens (tertiary/aromatic N) is 1. The van der Waals surface area contributed by atoms with Crippen LogP contribution in [0.25, 0.3) is 0 Å². The van der Waals surface area contributed by atoms with Crippen molar-refractivity contribution in [3.8, 4) is 11.5 Å². The fourth-order valence-corrected chi connectivity index (χ4v) is 4.61. The summed E-state index contributed by atoms with van der Waals surface area (Å²) in [4.78, 5) is 24.7. The lowest BCUT2D eigenvalue weighted by molar-refractivity contribution is -0.124. The third kappa shape index (κ3) is 6.10. The highest BCUT2D eigenvalue weighted by molar-refractivity contribution is 7.92. The molecule has 3 rings (SSSR count).